The number of aryl methyl sites for hydroxylation is 2. The van der Waals surface area contributed by atoms with Gasteiger partial charge in [0.05, 0.1) is 6.04 Å². The summed E-state index contributed by atoms with van der Waals surface area (Å²) in [6.07, 6.45) is 4.16. The minimum atomic E-state index is -0.346. The van der Waals surface area contributed by atoms with Gasteiger partial charge in [0.25, 0.3) is 0 Å². The Kier molecular flexibility index (Phi) is 5.35. The number of imidazole rings is 1. The van der Waals surface area contributed by atoms with Crippen molar-refractivity contribution in [2.75, 3.05) is 0 Å². The van der Waals surface area contributed by atoms with E-state index < -0.39 is 0 Å². The summed E-state index contributed by atoms with van der Waals surface area (Å²) in [5, 5.41) is 3.68. The van der Waals surface area contributed by atoms with Crippen molar-refractivity contribution in [1.29, 1.82) is 0 Å². The lowest BCUT2D eigenvalue weighted by Crippen LogP contribution is -2.28. The van der Waals surface area contributed by atoms with Crippen molar-refractivity contribution in [3.8, 4) is 11.3 Å². The summed E-state index contributed by atoms with van der Waals surface area (Å²) >= 11 is 0. The van der Waals surface area contributed by atoms with Crippen LogP contribution in [0, 0.1) is 11.6 Å². The fourth-order valence-electron chi connectivity index (χ4n) is 3.75. The molecule has 0 aliphatic carbocycles. The summed E-state index contributed by atoms with van der Waals surface area (Å²) < 4.78 is 29.1. The van der Waals surface area contributed by atoms with Crippen LogP contribution in [0.2, 0.25) is 0 Å². The van der Waals surface area contributed by atoms with Crippen LogP contribution < -0.4 is 5.32 Å². The Morgan fingerprint density at radius 3 is 2.60 bits per heavy atom. The van der Waals surface area contributed by atoms with Gasteiger partial charge in [-0.3, -0.25) is 4.79 Å². The van der Waals surface area contributed by atoms with Gasteiger partial charge in [-0.15, -0.1) is 0 Å². The van der Waals surface area contributed by atoms with Crippen LogP contribution in [0.15, 0.2) is 54.9 Å². The normalized spacial score (nSPS) is 12.3. The van der Waals surface area contributed by atoms with Gasteiger partial charge >= 0.3 is 0 Å². The number of H-pyrrole nitrogens is 1. The molecule has 4 rings (SSSR count). The summed E-state index contributed by atoms with van der Waals surface area (Å²) in [4.78, 5) is 20.1. The Hall–Kier alpha value is -3.48. The summed E-state index contributed by atoms with van der Waals surface area (Å²) in [6.45, 7) is 1.88. The molecule has 2 heterocycles. The van der Waals surface area contributed by atoms with Crippen molar-refractivity contribution < 1.29 is 13.6 Å². The predicted molar refractivity (Wildman–Crippen MR) is 112 cm³/mol. The molecular weight excluding hydrogens is 386 g/mol. The van der Waals surface area contributed by atoms with Gasteiger partial charge in [-0.2, -0.15) is 0 Å². The lowest BCUT2D eigenvalue weighted by atomic mass is 10.0. The first kappa shape index (κ1) is 19.8. The van der Waals surface area contributed by atoms with Crippen molar-refractivity contribution >= 4 is 16.8 Å². The molecule has 2 aromatic carbocycles. The highest BCUT2D eigenvalue weighted by Gasteiger charge is 2.17. The molecule has 0 aliphatic heterocycles. The summed E-state index contributed by atoms with van der Waals surface area (Å²) in [5.41, 5.74) is 3.15. The molecule has 4 aromatic rings. The number of benzene rings is 2. The van der Waals surface area contributed by atoms with E-state index in [1.165, 1.54) is 24.3 Å². The van der Waals surface area contributed by atoms with Gasteiger partial charge < -0.3 is 14.9 Å². The number of nitrogens with one attached hydrogen (secondary N) is 2. The highest BCUT2D eigenvalue weighted by Crippen LogP contribution is 2.32. The van der Waals surface area contributed by atoms with Gasteiger partial charge in [0.1, 0.15) is 17.5 Å². The number of halogens is 2. The van der Waals surface area contributed by atoms with Gasteiger partial charge in [0, 0.05) is 42.5 Å². The second-order valence-electron chi connectivity index (χ2n) is 7.36. The molecule has 30 heavy (non-hydrogen) atoms. The zero-order valence-corrected chi connectivity index (χ0v) is 16.7. The highest BCUT2D eigenvalue weighted by molar-refractivity contribution is 5.91. The Labute approximate surface area is 172 Å². The van der Waals surface area contributed by atoms with Crippen molar-refractivity contribution in [1.82, 2.24) is 19.9 Å². The van der Waals surface area contributed by atoms with E-state index in [-0.39, 0.29) is 30.0 Å². The number of hydrogen-bond donors (Lipinski definition) is 2. The van der Waals surface area contributed by atoms with Crippen molar-refractivity contribution in [3.05, 3.63) is 77.9 Å². The molecule has 0 saturated carbocycles. The number of aromatic amines is 1. The topological polar surface area (TPSA) is 62.7 Å². The van der Waals surface area contributed by atoms with Crippen molar-refractivity contribution in [2.24, 2.45) is 7.05 Å². The molecular formula is C23H22F2N4O. The SMILES string of the molecule is CC(NC(=O)CCc1c(-c2ccc(F)cc2)[nH]c2ccc(F)cc12)c1nccn1C. The number of nitrogens with zero attached hydrogens (tertiary/aromatic N) is 2. The molecule has 7 heteroatoms. The second kappa shape index (κ2) is 8.10. The molecule has 154 valence electrons. The Bertz CT molecular complexity index is 1190. The van der Waals surface area contributed by atoms with Gasteiger partial charge in [-0.25, -0.2) is 13.8 Å². The maximum Gasteiger partial charge on any atom is 0.220 e. The number of fused-ring (bicyclic) bond motifs is 1. The van der Waals surface area contributed by atoms with Crippen LogP contribution in [0.1, 0.15) is 30.8 Å². The monoisotopic (exact) mass is 408 g/mol. The van der Waals surface area contributed by atoms with E-state index >= 15 is 0 Å². The van der Waals surface area contributed by atoms with E-state index in [9.17, 15) is 13.6 Å². The largest absolute Gasteiger partial charge is 0.354 e. The molecule has 1 unspecified atom stereocenters. The zero-order chi connectivity index (χ0) is 21.3. The third kappa shape index (κ3) is 3.96. The van der Waals surface area contributed by atoms with E-state index in [1.54, 1.807) is 24.4 Å². The minimum absolute atomic E-state index is 0.124. The Morgan fingerprint density at radius 2 is 1.90 bits per heavy atom. The zero-order valence-electron chi connectivity index (χ0n) is 16.7. The van der Waals surface area contributed by atoms with Crippen LogP contribution in [0.25, 0.3) is 22.2 Å². The fraction of sp³-hybridized carbons (Fsp3) is 0.217. The number of carbonyl (C=O) groups is 1. The van der Waals surface area contributed by atoms with Crippen LogP contribution in [-0.2, 0) is 18.3 Å². The quantitative estimate of drug-likeness (QED) is 0.488. The van der Waals surface area contributed by atoms with Gasteiger partial charge in [-0.05, 0) is 66.9 Å². The highest BCUT2D eigenvalue weighted by atomic mass is 19.1. The lowest BCUT2D eigenvalue weighted by molar-refractivity contribution is -0.121. The van der Waals surface area contributed by atoms with E-state index in [1.807, 2.05) is 24.7 Å². The molecule has 0 bridgehead atoms. The molecule has 1 amide bonds. The molecule has 0 saturated heterocycles. The maximum absolute atomic E-state index is 13.9. The molecule has 0 radical (unpaired) electrons. The average Bonchev–Trinajstić information content (AvgIpc) is 3.30. The predicted octanol–water partition coefficient (Wildman–Crippen LogP) is 4.66. The van der Waals surface area contributed by atoms with E-state index in [0.717, 1.165) is 33.5 Å². The van der Waals surface area contributed by atoms with Crippen LogP contribution in [0.3, 0.4) is 0 Å². The summed E-state index contributed by atoms with van der Waals surface area (Å²) in [7, 11) is 1.88. The third-order valence-corrected chi connectivity index (χ3v) is 5.23. The molecule has 2 N–H and O–H groups in total. The maximum atomic E-state index is 13.9. The van der Waals surface area contributed by atoms with E-state index in [4.69, 9.17) is 0 Å². The van der Waals surface area contributed by atoms with Gasteiger partial charge in [0.15, 0.2) is 0 Å². The van der Waals surface area contributed by atoms with Crippen LogP contribution in [-0.4, -0.2) is 20.4 Å². The third-order valence-electron chi connectivity index (χ3n) is 5.23. The first-order chi connectivity index (χ1) is 14.4. The molecule has 5 nitrogen and oxygen atoms in total. The van der Waals surface area contributed by atoms with Crippen molar-refractivity contribution in [2.45, 2.75) is 25.8 Å². The molecule has 0 aliphatic rings. The Balaban J connectivity index is 1.58. The second-order valence-corrected chi connectivity index (χ2v) is 7.36. The molecule has 2 aromatic heterocycles. The molecule has 0 fully saturated rings. The number of amides is 1. The first-order valence-electron chi connectivity index (χ1n) is 9.75. The number of aromatic nitrogens is 3. The molecule has 1 atom stereocenters. The lowest BCUT2D eigenvalue weighted by Gasteiger charge is -2.14. The number of carbonyl (C=O) groups excluding carboxylic acids is 1. The summed E-state index contributed by atoms with van der Waals surface area (Å²) in [5.74, 6) is -0.0304. The fourth-order valence-corrected chi connectivity index (χ4v) is 3.75. The minimum Gasteiger partial charge on any atom is -0.354 e. The van der Waals surface area contributed by atoms with Crippen LogP contribution >= 0.6 is 0 Å². The van der Waals surface area contributed by atoms with Gasteiger partial charge in [0.2, 0.25) is 5.91 Å². The number of hydrogen-bond acceptors (Lipinski definition) is 2. The Morgan fingerprint density at radius 1 is 1.17 bits per heavy atom. The van der Waals surface area contributed by atoms with Gasteiger partial charge in [-0.1, -0.05) is 0 Å². The van der Waals surface area contributed by atoms with Crippen LogP contribution in [0.5, 0.6) is 0 Å². The van der Waals surface area contributed by atoms with Crippen LogP contribution in [0.4, 0.5) is 8.78 Å². The van der Waals surface area contributed by atoms with Crippen molar-refractivity contribution in [3.63, 3.8) is 0 Å². The number of rotatable bonds is 6. The summed E-state index contributed by atoms with van der Waals surface area (Å²) in [6, 6.07) is 10.4. The first-order valence-corrected chi connectivity index (χ1v) is 9.75. The average molecular weight is 408 g/mol. The molecule has 0 spiro atoms. The van der Waals surface area contributed by atoms with E-state index in [0.29, 0.717) is 6.42 Å². The standard InChI is InChI=1S/C23H22F2N4O/c1-14(23-26-11-12-29(23)2)27-21(30)10-8-18-19-13-17(25)7-9-20(19)28-22(18)15-3-5-16(24)6-4-15/h3-7,9,11-14,28H,8,10H2,1-2H3,(H,27,30). The smallest absolute Gasteiger partial charge is 0.220 e. The van der Waals surface area contributed by atoms with E-state index in [2.05, 4.69) is 15.3 Å².